The van der Waals surface area contributed by atoms with Gasteiger partial charge in [-0.05, 0) is 31.0 Å². The van der Waals surface area contributed by atoms with Crippen LogP contribution in [0.2, 0.25) is 0 Å². The zero-order chi connectivity index (χ0) is 12.5. The topological polar surface area (TPSA) is 46.5 Å². The average molecular weight is 238 g/mol. The number of aryl methyl sites for hydroxylation is 1. The monoisotopic (exact) mass is 238 g/mol. The molecule has 4 nitrogen and oxygen atoms in total. The van der Waals surface area contributed by atoms with E-state index in [-0.39, 0.29) is 0 Å². The van der Waals surface area contributed by atoms with Gasteiger partial charge in [0, 0.05) is 24.0 Å². The van der Waals surface area contributed by atoms with Gasteiger partial charge in [0.05, 0.1) is 11.4 Å². The quantitative estimate of drug-likeness (QED) is 0.713. The van der Waals surface area contributed by atoms with Crippen LogP contribution in [-0.4, -0.2) is 19.7 Å². The van der Waals surface area contributed by atoms with E-state index in [1.165, 1.54) is 5.56 Å². The van der Waals surface area contributed by atoms with Crippen molar-refractivity contribution in [3.05, 3.63) is 54.6 Å². The SMILES string of the molecule is C=CCc1cn(-c2ccnc3[nH]ccc23)nc1C. The minimum absolute atomic E-state index is 0.840. The molecule has 0 saturated heterocycles. The van der Waals surface area contributed by atoms with E-state index in [1.54, 1.807) is 6.20 Å². The van der Waals surface area contributed by atoms with Crippen molar-refractivity contribution in [2.24, 2.45) is 0 Å². The van der Waals surface area contributed by atoms with Gasteiger partial charge in [-0.2, -0.15) is 5.10 Å². The number of aromatic amines is 1. The lowest BCUT2D eigenvalue weighted by atomic mass is 10.2. The summed E-state index contributed by atoms with van der Waals surface area (Å²) >= 11 is 0. The van der Waals surface area contributed by atoms with E-state index in [2.05, 4.69) is 27.8 Å². The van der Waals surface area contributed by atoms with Crippen LogP contribution in [0.4, 0.5) is 0 Å². The molecule has 18 heavy (non-hydrogen) atoms. The first-order chi connectivity index (χ1) is 8.79. The average Bonchev–Trinajstić information content (AvgIpc) is 2.96. The van der Waals surface area contributed by atoms with Crippen LogP contribution in [0.1, 0.15) is 11.3 Å². The summed E-state index contributed by atoms with van der Waals surface area (Å²) in [6, 6.07) is 3.99. The maximum Gasteiger partial charge on any atom is 0.139 e. The Morgan fingerprint density at radius 1 is 1.44 bits per heavy atom. The minimum atomic E-state index is 0.840. The van der Waals surface area contributed by atoms with Crippen molar-refractivity contribution in [3.63, 3.8) is 0 Å². The number of nitrogens with zero attached hydrogens (tertiary/aromatic N) is 3. The number of allylic oxidation sites excluding steroid dienone is 1. The second kappa shape index (κ2) is 4.14. The summed E-state index contributed by atoms with van der Waals surface area (Å²) in [4.78, 5) is 7.39. The fourth-order valence-electron chi connectivity index (χ4n) is 2.12. The Bertz CT molecular complexity index is 705. The van der Waals surface area contributed by atoms with Crippen molar-refractivity contribution in [2.75, 3.05) is 0 Å². The molecule has 0 aliphatic heterocycles. The first kappa shape index (κ1) is 10.8. The summed E-state index contributed by atoms with van der Waals surface area (Å²) in [5, 5.41) is 5.63. The number of pyridine rings is 1. The number of hydrogen-bond donors (Lipinski definition) is 1. The predicted molar refractivity (Wildman–Crippen MR) is 71.9 cm³/mol. The van der Waals surface area contributed by atoms with Crippen molar-refractivity contribution >= 4 is 11.0 Å². The molecular formula is C14H14N4. The molecule has 0 aromatic carbocycles. The predicted octanol–water partition coefficient (Wildman–Crippen LogP) is 2.79. The van der Waals surface area contributed by atoms with Crippen molar-refractivity contribution in [2.45, 2.75) is 13.3 Å². The molecule has 0 aliphatic carbocycles. The molecule has 0 atom stereocenters. The summed E-state index contributed by atoms with van der Waals surface area (Å²) in [5.41, 5.74) is 4.16. The Hall–Kier alpha value is -2.36. The van der Waals surface area contributed by atoms with Gasteiger partial charge in [0.15, 0.2) is 0 Å². The summed E-state index contributed by atoms with van der Waals surface area (Å²) in [6.45, 7) is 5.79. The number of fused-ring (bicyclic) bond motifs is 1. The number of aromatic nitrogens is 4. The Morgan fingerprint density at radius 2 is 2.33 bits per heavy atom. The molecule has 0 fully saturated rings. The molecule has 0 unspecified atom stereocenters. The first-order valence-corrected chi connectivity index (χ1v) is 5.88. The maximum atomic E-state index is 4.56. The Balaban J connectivity index is 2.17. The lowest BCUT2D eigenvalue weighted by Crippen LogP contribution is -1.96. The van der Waals surface area contributed by atoms with E-state index in [4.69, 9.17) is 0 Å². The van der Waals surface area contributed by atoms with Crippen LogP contribution < -0.4 is 0 Å². The Kier molecular flexibility index (Phi) is 2.48. The van der Waals surface area contributed by atoms with E-state index in [0.717, 1.165) is 28.8 Å². The van der Waals surface area contributed by atoms with E-state index in [9.17, 15) is 0 Å². The molecule has 0 saturated carbocycles. The highest BCUT2D eigenvalue weighted by molar-refractivity contribution is 5.84. The molecule has 0 aliphatic rings. The highest BCUT2D eigenvalue weighted by Crippen LogP contribution is 2.20. The largest absolute Gasteiger partial charge is 0.346 e. The lowest BCUT2D eigenvalue weighted by Gasteiger charge is -2.02. The lowest BCUT2D eigenvalue weighted by molar-refractivity contribution is 0.868. The normalized spacial score (nSPS) is 10.9. The number of rotatable bonds is 3. The highest BCUT2D eigenvalue weighted by atomic mass is 15.3. The second-order valence-electron chi connectivity index (χ2n) is 4.25. The standard InChI is InChI=1S/C14H14N4/c1-3-4-11-9-18(17-10(11)2)13-6-8-16-14-12(13)5-7-15-14/h3,5-9H,1,4H2,2H3,(H,15,16). The van der Waals surface area contributed by atoms with Gasteiger partial charge in [0.25, 0.3) is 0 Å². The van der Waals surface area contributed by atoms with Gasteiger partial charge < -0.3 is 4.98 Å². The first-order valence-electron chi connectivity index (χ1n) is 5.88. The van der Waals surface area contributed by atoms with Gasteiger partial charge in [0.1, 0.15) is 5.65 Å². The summed E-state index contributed by atoms with van der Waals surface area (Å²) in [7, 11) is 0. The van der Waals surface area contributed by atoms with Gasteiger partial charge in [0.2, 0.25) is 0 Å². The minimum Gasteiger partial charge on any atom is -0.346 e. The third kappa shape index (κ3) is 1.62. The molecule has 3 aromatic heterocycles. The van der Waals surface area contributed by atoms with Gasteiger partial charge >= 0.3 is 0 Å². The van der Waals surface area contributed by atoms with Gasteiger partial charge in [-0.1, -0.05) is 6.08 Å². The van der Waals surface area contributed by atoms with Crippen molar-refractivity contribution in [3.8, 4) is 5.69 Å². The molecule has 3 rings (SSSR count). The van der Waals surface area contributed by atoms with E-state index >= 15 is 0 Å². The molecule has 90 valence electrons. The molecular weight excluding hydrogens is 224 g/mol. The molecule has 1 N–H and O–H groups in total. The summed E-state index contributed by atoms with van der Waals surface area (Å²) in [6.07, 6.45) is 8.47. The molecule has 0 radical (unpaired) electrons. The Morgan fingerprint density at radius 3 is 3.17 bits per heavy atom. The highest BCUT2D eigenvalue weighted by Gasteiger charge is 2.08. The van der Waals surface area contributed by atoms with Crippen molar-refractivity contribution in [1.82, 2.24) is 19.7 Å². The van der Waals surface area contributed by atoms with Crippen LogP contribution in [0.5, 0.6) is 0 Å². The van der Waals surface area contributed by atoms with Crippen LogP contribution in [-0.2, 0) is 6.42 Å². The van der Waals surface area contributed by atoms with Crippen molar-refractivity contribution in [1.29, 1.82) is 0 Å². The van der Waals surface area contributed by atoms with Gasteiger partial charge in [-0.3, -0.25) is 0 Å². The summed E-state index contributed by atoms with van der Waals surface area (Å²) < 4.78 is 1.91. The molecule has 0 bridgehead atoms. The number of nitrogens with one attached hydrogen (secondary N) is 1. The van der Waals surface area contributed by atoms with E-state index in [0.29, 0.717) is 0 Å². The van der Waals surface area contributed by atoms with Gasteiger partial charge in [-0.25, -0.2) is 9.67 Å². The molecule has 3 heterocycles. The van der Waals surface area contributed by atoms with Crippen LogP contribution in [0.25, 0.3) is 16.7 Å². The van der Waals surface area contributed by atoms with Crippen molar-refractivity contribution < 1.29 is 0 Å². The second-order valence-corrected chi connectivity index (χ2v) is 4.25. The van der Waals surface area contributed by atoms with E-state index < -0.39 is 0 Å². The van der Waals surface area contributed by atoms with Crippen LogP contribution in [0.15, 0.2) is 43.4 Å². The fourth-order valence-corrected chi connectivity index (χ4v) is 2.12. The number of H-pyrrole nitrogens is 1. The smallest absolute Gasteiger partial charge is 0.139 e. The third-order valence-corrected chi connectivity index (χ3v) is 3.05. The molecule has 4 heteroatoms. The number of hydrogen-bond acceptors (Lipinski definition) is 2. The maximum absolute atomic E-state index is 4.56. The van der Waals surface area contributed by atoms with Crippen LogP contribution >= 0.6 is 0 Å². The zero-order valence-corrected chi connectivity index (χ0v) is 10.2. The zero-order valence-electron chi connectivity index (χ0n) is 10.2. The van der Waals surface area contributed by atoms with Crippen LogP contribution in [0, 0.1) is 6.92 Å². The molecule has 0 spiro atoms. The Labute approximate surface area is 105 Å². The van der Waals surface area contributed by atoms with E-state index in [1.807, 2.05) is 36.0 Å². The summed E-state index contributed by atoms with van der Waals surface area (Å²) in [5.74, 6) is 0. The fraction of sp³-hybridized carbons (Fsp3) is 0.143. The molecule has 3 aromatic rings. The third-order valence-electron chi connectivity index (χ3n) is 3.05. The van der Waals surface area contributed by atoms with Crippen LogP contribution in [0.3, 0.4) is 0 Å². The molecule has 0 amide bonds. The van der Waals surface area contributed by atoms with Gasteiger partial charge in [-0.15, -0.1) is 6.58 Å².